The van der Waals surface area contributed by atoms with Gasteiger partial charge in [0.05, 0.1) is 6.10 Å². The Bertz CT molecular complexity index is 352. The summed E-state index contributed by atoms with van der Waals surface area (Å²) in [5, 5.41) is 10.4. The number of hydrogen-bond donors (Lipinski definition) is 1. The molecule has 96 valence electrons. The Hall–Kier alpha value is -0.860. The van der Waals surface area contributed by atoms with Crippen LogP contribution in [0.5, 0.6) is 0 Å². The van der Waals surface area contributed by atoms with E-state index in [2.05, 4.69) is 26.0 Å². The summed E-state index contributed by atoms with van der Waals surface area (Å²) >= 11 is 0. The largest absolute Gasteiger partial charge is 0.386 e. The maximum absolute atomic E-state index is 10.4. The van der Waals surface area contributed by atoms with E-state index in [0.29, 0.717) is 5.92 Å². The van der Waals surface area contributed by atoms with Crippen molar-refractivity contribution in [3.63, 3.8) is 0 Å². The number of hydrogen-bond acceptors (Lipinski definition) is 2. The molecule has 0 saturated heterocycles. The van der Waals surface area contributed by atoms with E-state index in [0.717, 1.165) is 5.56 Å². The van der Waals surface area contributed by atoms with Crippen LogP contribution >= 0.6 is 0 Å². The van der Waals surface area contributed by atoms with E-state index in [-0.39, 0.29) is 5.54 Å². The fraction of sp³-hybridized carbons (Fsp3) is 0.600. The topological polar surface area (TPSA) is 23.5 Å². The Balaban J connectivity index is 2.94. The van der Waals surface area contributed by atoms with Crippen molar-refractivity contribution < 1.29 is 5.11 Å². The number of rotatable bonds is 4. The molecule has 0 heterocycles. The van der Waals surface area contributed by atoms with Crippen LogP contribution in [0.25, 0.3) is 0 Å². The van der Waals surface area contributed by atoms with E-state index in [9.17, 15) is 5.11 Å². The quantitative estimate of drug-likeness (QED) is 0.866. The highest BCUT2D eigenvalue weighted by Gasteiger charge is 2.31. The molecular weight excluding hydrogens is 210 g/mol. The fourth-order valence-electron chi connectivity index (χ4n) is 1.72. The van der Waals surface area contributed by atoms with Gasteiger partial charge in [-0.15, -0.1) is 0 Å². The van der Waals surface area contributed by atoms with Crippen LogP contribution in [0, 0.1) is 0 Å². The van der Waals surface area contributed by atoms with Crippen molar-refractivity contribution in [3.8, 4) is 0 Å². The molecule has 0 aliphatic heterocycles. The fourth-order valence-corrected chi connectivity index (χ4v) is 1.72. The predicted octanol–water partition coefficient (Wildman–Crippen LogP) is 3.18. The molecule has 2 nitrogen and oxygen atoms in total. The minimum absolute atomic E-state index is 0.265. The monoisotopic (exact) mass is 235 g/mol. The lowest BCUT2D eigenvalue weighted by atomic mass is 9.89. The molecule has 17 heavy (non-hydrogen) atoms. The first kappa shape index (κ1) is 14.2. The zero-order valence-corrected chi connectivity index (χ0v) is 11.9. The average molecular weight is 235 g/mol. The molecular formula is C15H25NO. The molecule has 0 amide bonds. The SMILES string of the molecule is CC(C)c1ccc(C(O)C(C)(C)N(C)C)cc1. The lowest BCUT2D eigenvalue weighted by Gasteiger charge is -2.37. The van der Waals surface area contributed by atoms with Gasteiger partial charge in [-0.1, -0.05) is 38.1 Å². The van der Waals surface area contributed by atoms with E-state index in [1.807, 2.05) is 45.0 Å². The van der Waals surface area contributed by atoms with Gasteiger partial charge in [0.15, 0.2) is 0 Å². The van der Waals surface area contributed by atoms with Gasteiger partial charge in [-0.25, -0.2) is 0 Å². The summed E-state index contributed by atoms with van der Waals surface area (Å²) in [6.07, 6.45) is -0.473. The van der Waals surface area contributed by atoms with Crippen LogP contribution in [0.2, 0.25) is 0 Å². The van der Waals surface area contributed by atoms with E-state index in [1.165, 1.54) is 5.56 Å². The van der Waals surface area contributed by atoms with Gasteiger partial charge in [-0.2, -0.15) is 0 Å². The average Bonchev–Trinajstić information content (AvgIpc) is 2.27. The van der Waals surface area contributed by atoms with Gasteiger partial charge in [-0.05, 0) is 45.0 Å². The summed E-state index contributed by atoms with van der Waals surface area (Å²) in [5.74, 6) is 0.531. The smallest absolute Gasteiger partial charge is 0.0967 e. The number of benzene rings is 1. The van der Waals surface area contributed by atoms with Crippen molar-refractivity contribution >= 4 is 0 Å². The van der Waals surface area contributed by atoms with Gasteiger partial charge in [0.1, 0.15) is 0 Å². The standard InChI is InChI=1S/C15H25NO/c1-11(2)12-7-9-13(10-8-12)14(17)15(3,4)16(5)6/h7-11,14,17H,1-6H3. The van der Waals surface area contributed by atoms with Crippen molar-refractivity contribution in [1.29, 1.82) is 0 Å². The van der Waals surface area contributed by atoms with E-state index in [4.69, 9.17) is 0 Å². The first-order valence-corrected chi connectivity index (χ1v) is 6.22. The minimum Gasteiger partial charge on any atom is -0.386 e. The predicted molar refractivity (Wildman–Crippen MR) is 73.3 cm³/mol. The molecule has 1 N–H and O–H groups in total. The molecule has 0 saturated carbocycles. The van der Waals surface area contributed by atoms with Crippen molar-refractivity contribution in [2.24, 2.45) is 0 Å². The second-order valence-corrected chi connectivity index (χ2v) is 5.77. The third-order valence-corrected chi connectivity index (χ3v) is 3.74. The first-order chi connectivity index (χ1) is 7.76. The lowest BCUT2D eigenvalue weighted by molar-refractivity contribution is 0.0164. The van der Waals surface area contributed by atoms with Crippen LogP contribution in [0.3, 0.4) is 0 Å². The summed E-state index contributed by atoms with van der Waals surface area (Å²) in [6, 6.07) is 8.28. The molecule has 0 spiro atoms. The van der Waals surface area contributed by atoms with Gasteiger partial charge >= 0.3 is 0 Å². The van der Waals surface area contributed by atoms with Crippen LogP contribution in [-0.4, -0.2) is 29.6 Å². The van der Waals surface area contributed by atoms with E-state index < -0.39 is 6.10 Å². The van der Waals surface area contributed by atoms with Crippen LogP contribution in [-0.2, 0) is 0 Å². The van der Waals surface area contributed by atoms with Gasteiger partial charge < -0.3 is 10.0 Å². The summed E-state index contributed by atoms with van der Waals surface area (Å²) in [4.78, 5) is 2.05. The Kier molecular flexibility index (Phi) is 4.34. The molecule has 1 aromatic rings. The maximum atomic E-state index is 10.4. The highest BCUT2D eigenvalue weighted by Crippen LogP contribution is 2.30. The normalized spacial score (nSPS) is 14.4. The first-order valence-electron chi connectivity index (χ1n) is 6.22. The van der Waals surface area contributed by atoms with Crippen LogP contribution in [0.15, 0.2) is 24.3 Å². The molecule has 2 heteroatoms. The summed E-state index contributed by atoms with van der Waals surface area (Å²) < 4.78 is 0. The van der Waals surface area contributed by atoms with Gasteiger partial charge in [0, 0.05) is 5.54 Å². The van der Waals surface area contributed by atoms with E-state index >= 15 is 0 Å². The van der Waals surface area contributed by atoms with Crippen LogP contribution < -0.4 is 0 Å². The molecule has 0 aromatic heterocycles. The third-order valence-electron chi connectivity index (χ3n) is 3.74. The number of aliphatic hydroxyl groups excluding tert-OH is 1. The zero-order chi connectivity index (χ0) is 13.2. The van der Waals surface area contributed by atoms with Gasteiger partial charge in [0.25, 0.3) is 0 Å². The molecule has 0 radical (unpaired) electrons. The van der Waals surface area contributed by atoms with Crippen molar-refractivity contribution in [2.45, 2.75) is 45.3 Å². The number of aliphatic hydroxyl groups is 1. The zero-order valence-electron chi connectivity index (χ0n) is 11.9. The molecule has 0 fully saturated rings. The maximum Gasteiger partial charge on any atom is 0.0967 e. The Morgan fingerprint density at radius 1 is 1.00 bits per heavy atom. The minimum atomic E-state index is -0.473. The molecule has 1 atom stereocenters. The van der Waals surface area contributed by atoms with Crippen molar-refractivity contribution in [1.82, 2.24) is 4.90 Å². The Labute approximate surface area is 105 Å². The second kappa shape index (κ2) is 5.19. The van der Waals surface area contributed by atoms with Crippen LogP contribution in [0.1, 0.15) is 50.8 Å². The Morgan fingerprint density at radius 2 is 1.41 bits per heavy atom. The molecule has 1 rings (SSSR count). The highest BCUT2D eigenvalue weighted by atomic mass is 16.3. The molecule has 0 aliphatic rings. The molecule has 0 bridgehead atoms. The lowest BCUT2D eigenvalue weighted by Crippen LogP contribution is -2.43. The van der Waals surface area contributed by atoms with Gasteiger partial charge in [0.2, 0.25) is 0 Å². The third kappa shape index (κ3) is 3.08. The van der Waals surface area contributed by atoms with Gasteiger partial charge in [-0.3, -0.25) is 0 Å². The number of nitrogens with zero attached hydrogens (tertiary/aromatic N) is 1. The van der Waals surface area contributed by atoms with Crippen molar-refractivity contribution in [2.75, 3.05) is 14.1 Å². The number of likely N-dealkylation sites (N-methyl/N-ethyl adjacent to an activating group) is 1. The Morgan fingerprint density at radius 3 is 1.76 bits per heavy atom. The van der Waals surface area contributed by atoms with E-state index in [1.54, 1.807) is 0 Å². The highest BCUT2D eigenvalue weighted by molar-refractivity contribution is 5.27. The summed E-state index contributed by atoms with van der Waals surface area (Å²) in [6.45, 7) is 8.45. The van der Waals surface area contributed by atoms with Crippen LogP contribution in [0.4, 0.5) is 0 Å². The molecule has 0 aliphatic carbocycles. The molecule has 1 unspecified atom stereocenters. The summed E-state index contributed by atoms with van der Waals surface area (Å²) in [5.41, 5.74) is 2.02. The van der Waals surface area contributed by atoms with Crippen molar-refractivity contribution in [3.05, 3.63) is 35.4 Å². The molecule has 1 aromatic carbocycles. The summed E-state index contributed by atoms with van der Waals surface area (Å²) in [7, 11) is 3.98. The second-order valence-electron chi connectivity index (χ2n) is 5.77.